The molecule has 2 amide bonds. The molecule has 2 rings (SSSR count). The molecule has 28 heavy (non-hydrogen) atoms. The van der Waals surface area contributed by atoms with Crippen LogP contribution in [-0.2, 0) is 11.3 Å². The molecule has 0 aliphatic rings. The number of hydrogen-bond acceptors (Lipinski definition) is 5. The second-order valence-corrected chi connectivity index (χ2v) is 8.48. The number of benzene rings is 1. The highest BCUT2D eigenvalue weighted by Crippen LogP contribution is 2.30. The number of rotatable bonds is 7. The maximum atomic E-state index is 12.6. The Balaban J connectivity index is 2.05. The van der Waals surface area contributed by atoms with E-state index < -0.39 is 5.41 Å². The summed E-state index contributed by atoms with van der Waals surface area (Å²) in [4.78, 5) is 25.3. The Labute approximate surface area is 170 Å². The third-order valence-electron chi connectivity index (χ3n) is 4.02. The van der Waals surface area contributed by atoms with E-state index in [-0.39, 0.29) is 11.8 Å². The summed E-state index contributed by atoms with van der Waals surface area (Å²) in [5, 5.41) is 6.46. The van der Waals surface area contributed by atoms with Crippen LogP contribution in [0.4, 0.5) is 5.00 Å². The molecule has 0 unspecified atom stereocenters. The van der Waals surface area contributed by atoms with Crippen molar-refractivity contribution in [3.8, 4) is 11.5 Å². The molecule has 0 saturated carbocycles. The van der Waals surface area contributed by atoms with Gasteiger partial charge in [-0.2, -0.15) is 0 Å². The minimum Gasteiger partial charge on any atom is -0.493 e. The first-order chi connectivity index (χ1) is 13.2. The Morgan fingerprint density at radius 3 is 2.46 bits per heavy atom. The molecule has 0 atom stereocenters. The summed E-state index contributed by atoms with van der Waals surface area (Å²) < 4.78 is 10.8. The number of aryl methyl sites for hydroxylation is 1. The normalized spacial score (nSPS) is 11.1. The van der Waals surface area contributed by atoms with Gasteiger partial charge in [0.25, 0.3) is 5.91 Å². The molecule has 1 heterocycles. The fourth-order valence-corrected chi connectivity index (χ4v) is 3.41. The van der Waals surface area contributed by atoms with Crippen LogP contribution >= 0.6 is 11.3 Å². The summed E-state index contributed by atoms with van der Waals surface area (Å²) in [6.45, 7) is 10.2. The van der Waals surface area contributed by atoms with Gasteiger partial charge in [0.2, 0.25) is 5.91 Å². The number of carbonyl (C=O) groups is 2. The maximum absolute atomic E-state index is 12.6. The van der Waals surface area contributed by atoms with Gasteiger partial charge >= 0.3 is 0 Å². The first-order valence-electron chi connectivity index (χ1n) is 9.15. The molecular formula is C21H28N2O4S. The van der Waals surface area contributed by atoms with E-state index in [0.717, 1.165) is 11.1 Å². The summed E-state index contributed by atoms with van der Waals surface area (Å²) in [5.41, 5.74) is 1.24. The number of thiophene rings is 1. The zero-order valence-corrected chi connectivity index (χ0v) is 18.1. The molecule has 152 valence electrons. The van der Waals surface area contributed by atoms with Gasteiger partial charge in [-0.25, -0.2) is 0 Å². The van der Waals surface area contributed by atoms with E-state index in [1.807, 2.05) is 58.9 Å². The van der Waals surface area contributed by atoms with Crippen LogP contribution in [0.15, 0.2) is 24.3 Å². The van der Waals surface area contributed by atoms with Crippen LogP contribution in [0.25, 0.3) is 0 Å². The molecule has 1 aromatic heterocycles. The van der Waals surface area contributed by atoms with Gasteiger partial charge < -0.3 is 20.1 Å². The van der Waals surface area contributed by atoms with E-state index >= 15 is 0 Å². The largest absolute Gasteiger partial charge is 0.493 e. The Morgan fingerprint density at radius 1 is 1.14 bits per heavy atom. The second-order valence-electron chi connectivity index (χ2n) is 7.43. The lowest BCUT2D eigenvalue weighted by molar-refractivity contribution is -0.123. The lowest BCUT2D eigenvalue weighted by Gasteiger charge is -2.16. The molecule has 1 aromatic carbocycles. The molecule has 6 nitrogen and oxygen atoms in total. The van der Waals surface area contributed by atoms with Crippen LogP contribution < -0.4 is 20.1 Å². The quantitative estimate of drug-likeness (QED) is 0.718. The van der Waals surface area contributed by atoms with Crippen molar-refractivity contribution in [3.63, 3.8) is 0 Å². The van der Waals surface area contributed by atoms with E-state index in [1.165, 1.54) is 11.3 Å². The van der Waals surface area contributed by atoms with Gasteiger partial charge in [-0.15, -0.1) is 11.3 Å². The SMILES string of the molecule is CCOc1ccc(CNC(=O)c2sc(NC(=O)C(C)(C)C)cc2C)cc1OC. The van der Waals surface area contributed by atoms with E-state index in [4.69, 9.17) is 9.47 Å². The molecule has 0 saturated heterocycles. The first kappa shape index (κ1) is 21.8. The van der Waals surface area contributed by atoms with Gasteiger partial charge in [-0.1, -0.05) is 26.8 Å². The van der Waals surface area contributed by atoms with Gasteiger partial charge in [-0.05, 0) is 43.2 Å². The zero-order chi connectivity index (χ0) is 20.9. The lowest BCUT2D eigenvalue weighted by Crippen LogP contribution is -2.27. The van der Waals surface area contributed by atoms with Crippen molar-refractivity contribution in [3.05, 3.63) is 40.3 Å². The molecular weight excluding hydrogens is 376 g/mol. The van der Waals surface area contributed by atoms with Gasteiger partial charge in [0, 0.05) is 12.0 Å². The molecule has 0 bridgehead atoms. The summed E-state index contributed by atoms with van der Waals surface area (Å²) in [7, 11) is 1.59. The Hall–Kier alpha value is -2.54. The fourth-order valence-electron chi connectivity index (χ4n) is 2.43. The van der Waals surface area contributed by atoms with E-state index in [1.54, 1.807) is 7.11 Å². The first-order valence-corrected chi connectivity index (χ1v) is 9.97. The van der Waals surface area contributed by atoms with Crippen LogP contribution in [0.2, 0.25) is 0 Å². The molecule has 0 spiro atoms. The topological polar surface area (TPSA) is 76.7 Å². The fraction of sp³-hybridized carbons (Fsp3) is 0.429. The van der Waals surface area contributed by atoms with Crippen LogP contribution in [-0.4, -0.2) is 25.5 Å². The Kier molecular flexibility index (Phi) is 7.07. The van der Waals surface area contributed by atoms with Crippen molar-refractivity contribution >= 4 is 28.2 Å². The van der Waals surface area contributed by atoms with E-state index in [2.05, 4.69) is 10.6 Å². The molecule has 2 N–H and O–H groups in total. The number of anilines is 1. The minimum absolute atomic E-state index is 0.0813. The maximum Gasteiger partial charge on any atom is 0.261 e. The minimum atomic E-state index is -0.493. The van der Waals surface area contributed by atoms with E-state index in [0.29, 0.717) is 34.5 Å². The highest BCUT2D eigenvalue weighted by molar-refractivity contribution is 7.18. The monoisotopic (exact) mass is 404 g/mol. The van der Waals surface area contributed by atoms with Crippen LogP contribution in [0, 0.1) is 12.3 Å². The highest BCUT2D eigenvalue weighted by Gasteiger charge is 2.23. The Bertz CT molecular complexity index is 853. The third-order valence-corrected chi connectivity index (χ3v) is 5.17. The molecule has 0 fully saturated rings. The number of carbonyl (C=O) groups excluding carboxylic acids is 2. The summed E-state index contributed by atoms with van der Waals surface area (Å²) in [6, 6.07) is 7.40. The third kappa shape index (κ3) is 5.48. The average Bonchev–Trinajstić information content (AvgIpc) is 3.00. The predicted molar refractivity (Wildman–Crippen MR) is 112 cm³/mol. The van der Waals surface area contributed by atoms with E-state index in [9.17, 15) is 9.59 Å². The lowest BCUT2D eigenvalue weighted by atomic mass is 9.96. The van der Waals surface area contributed by atoms with Gasteiger partial charge in [0.1, 0.15) is 0 Å². The highest BCUT2D eigenvalue weighted by atomic mass is 32.1. The van der Waals surface area contributed by atoms with Crippen molar-refractivity contribution in [2.24, 2.45) is 5.41 Å². The number of nitrogens with one attached hydrogen (secondary N) is 2. The van der Waals surface area contributed by atoms with Gasteiger partial charge in [-0.3, -0.25) is 9.59 Å². The van der Waals surface area contributed by atoms with Crippen molar-refractivity contribution in [2.45, 2.75) is 41.2 Å². The summed E-state index contributed by atoms with van der Waals surface area (Å²) in [5.74, 6) is 1.05. The van der Waals surface area contributed by atoms with Crippen LogP contribution in [0.1, 0.15) is 48.5 Å². The zero-order valence-electron chi connectivity index (χ0n) is 17.3. The second kappa shape index (κ2) is 9.10. The van der Waals surface area contributed by atoms with Crippen molar-refractivity contribution in [2.75, 3.05) is 19.0 Å². The van der Waals surface area contributed by atoms with Gasteiger partial charge in [0.15, 0.2) is 11.5 Å². The standard InChI is InChI=1S/C21H28N2O4S/c1-7-27-15-9-8-14(11-16(15)26-6)12-22-19(24)18-13(2)10-17(28-18)23-20(25)21(3,4)5/h8-11H,7,12H2,1-6H3,(H,22,24)(H,23,25). The number of hydrogen-bond donors (Lipinski definition) is 2. The van der Waals surface area contributed by atoms with Crippen molar-refractivity contribution in [1.82, 2.24) is 5.32 Å². The summed E-state index contributed by atoms with van der Waals surface area (Å²) >= 11 is 1.28. The molecule has 7 heteroatoms. The summed E-state index contributed by atoms with van der Waals surface area (Å²) in [6.07, 6.45) is 0. The number of amides is 2. The Morgan fingerprint density at radius 2 is 1.86 bits per heavy atom. The van der Waals surface area contributed by atoms with Crippen molar-refractivity contribution < 1.29 is 19.1 Å². The van der Waals surface area contributed by atoms with Crippen molar-refractivity contribution in [1.29, 1.82) is 0 Å². The van der Waals surface area contributed by atoms with Gasteiger partial charge in [0.05, 0.1) is 23.6 Å². The molecule has 0 radical (unpaired) electrons. The molecule has 0 aliphatic heterocycles. The molecule has 2 aromatic rings. The predicted octanol–water partition coefficient (Wildman–Crippen LogP) is 4.38. The van der Waals surface area contributed by atoms with Crippen LogP contribution in [0.5, 0.6) is 11.5 Å². The molecule has 0 aliphatic carbocycles. The number of ether oxygens (including phenoxy) is 2. The smallest absolute Gasteiger partial charge is 0.261 e. The van der Waals surface area contributed by atoms with Crippen LogP contribution in [0.3, 0.4) is 0 Å². The number of methoxy groups -OCH3 is 1. The average molecular weight is 405 g/mol.